The van der Waals surface area contributed by atoms with E-state index in [0.29, 0.717) is 12.8 Å². The van der Waals surface area contributed by atoms with E-state index < -0.39 is 6.10 Å². The maximum atomic E-state index is 12.4. The highest BCUT2D eigenvalue weighted by Crippen LogP contribution is 2.18. The van der Waals surface area contributed by atoms with Crippen molar-refractivity contribution in [2.45, 2.75) is 341 Å². The average Bonchev–Trinajstić information content (AvgIpc) is 3.49. The maximum absolute atomic E-state index is 12.4. The Bertz CT molecular complexity index is 1620. The highest BCUT2D eigenvalue weighted by molar-refractivity contribution is 5.70. The van der Waals surface area contributed by atoms with E-state index in [-0.39, 0.29) is 25.2 Å². The predicted molar refractivity (Wildman–Crippen MR) is 362 cm³/mol. The van der Waals surface area contributed by atoms with Crippen LogP contribution in [-0.2, 0) is 19.1 Å². The Labute approximate surface area is 509 Å². The zero-order chi connectivity index (χ0) is 59.1. The molecule has 0 rings (SSSR count). The van der Waals surface area contributed by atoms with Crippen LogP contribution in [0.2, 0.25) is 0 Å². The van der Waals surface area contributed by atoms with E-state index >= 15 is 0 Å². The molecule has 1 N–H and O–H groups in total. The minimum absolute atomic E-state index is 0.0667. The van der Waals surface area contributed by atoms with Gasteiger partial charge in [-0.2, -0.15) is 0 Å². The van der Waals surface area contributed by atoms with E-state index in [1.165, 1.54) is 205 Å². The fourth-order valence-corrected chi connectivity index (χ4v) is 10.1. The van der Waals surface area contributed by atoms with Crippen LogP contribution in [-0.4, -0.2) is 36.4 Å². The van der Waals surface area contributed by atoms with Crippen LogP contribution < -0.4 is 0 Å². The Balaban J connectivity index is 3.44. The van der Waals surface area contributed by atoms with Gasteiger partial charge in [-0.1, -0.05) is 341 Å². The number of hydrogen-bond donors (Lipinski definition) is 1. The summed E-state index contributed by atoms with van der Waals surface area (Å²) in [4.78, 5) is 24.7. The number of carbonyl (C=O) groups is 2. The number of unbranched alkanes of at least 4 members (excludes halogenated alkanes) is 36. The minimum atomic E-state index is -0.777. The van der Waals surface area contributed by atoms with Crippen LogP contribution in [0.3, 0.4) is 0 Å². The highest BCUT2D eigenvalue weighted by atomic mass is 16.6. The topological polar surface area (TPSA) is 72.8 Å². The van der Waals surface area contributed by atoms with Crippen LogP contribution in [0.5, 0.6) is 0 Å². The van der Waals surface area contributed by atoms with Crippen LogP contribution in [0.4, 0.5) is 0 Å². The number of allylic oxidation sites excluding steroid dienone is 20. The number of hydrogen-bond acceptors (Lipinski definition) is 5. The quantitative estimate of drug-likeness (QED) is 0.0373. The molecule has 0 amide bonds. The molecule has 0 aliphatic carbocycles. The average molecular weight is 1140 g/mol. The summed E-state index contributed by atoms with van der Waals surface area (Å²) in [6, 6.07) is 0. The first-order valence-corrected chi connectivity index (χ1v) is 35.1. The lowest BCUT2D eigenvalue weighted by Gasteiger charge is -2.15. The SMILES string of the molecule is CC/C=C\C/C=C\C/C=C\C/C=C\C/C=C\CCCCCCCCCCCCCCCCCCCCCCCC(=O)OC(CO)COC(=O)CCCCCCCCCCCCCCCCC/C=C\C/C=C\C/C=C\C/C=C\C/C=C\CC. The van der Waals surface area contributed by atoms with E-state index in [1.54, 1.807) is 0 Å². The van der Waals surface area contributed by atoms with E-state index in [0.717, 1.165) is 103 Å². The van der Waals surface area contributed by atoms with Gasteiger partial charge >= 0.3 is 11.9 Å². The van der Waals surface area contributed by atoms with Crippen LogP contribution >= 0.6 is 0 Å². The summed E-state index contributed by atoms with van der Waals surface area (Å²) in [5, 5.41) is 9.71. The summed E-state index contributed by atoms with van der Waals surface area (Å²) < 4.78 is 10.8. The summed E-state index contributed by atoms with van der Waals surface area (Å²) in [5.41, 5.74) is 0. The van der Waals surface area contributed by atoms with Gasteiger partial charge in [-0.05, 0) is 103 Å². The second kappa shape index (κ2) is 71.6. The lowest BCUT2D eigenvalue weighted by Crippen LogP contribution is -2.28. The number of ether oxygens (including phenoxy) is 2. The maximum Gasteiger partial charge on any atom is 0.306 e. The summed E-state index contributed by atoms with van der Waals surface area (Å²) in [7, 11) is 0. The van der Waals surface area contributed by atoms with E-state index in [9.17, 15) is 14.7 Å². The van der Waals surface area contributed by atoms with E-state index in [2.05, 4.69) is 135 Å². The molecule has 0 heterocycles. The Morgan fingerprint density at radius 2 is 0.488 bits per heavy atom. The largest absolute Gasteiger partial charge is 0.462 e. The molecule has 5 heteroatoms. The van der Waals surface area contributed by atoms with Crippen molar-refractivity contribution in [1.82, 2.24) is 0 Å². The van der Waals surface area contributed by atoms with E-state index in [1.807, 2.05) is 0 Å². The third-order valence-corrected chi connectivity index (χ3v) is 15.3. The minimum Gasteiger partial charge on any atom is -0.462 e. The standard InChI is InChI=1S/C77H132O5/c1-3-5-7-9-11-13-15-17-19-21-23-25-27-29-31-33-35-36-37-38-39-40-42-44-46-48-50-52-54-56-58-60-62-64-66-68-70-72-77(80)82-75(73-78)74-81-76(79)71-69-67-65-63-61-59-57-55-53-51-49-47-45-43-41-34-32-30-28-26-24-22-20-18-16-14-12-10-8-6-4-2/h5-8,11-14,17-20,23-26,29-32,75,78H,3-4,9-10,15-16,21-22,27-28,33-74H2,1-2H3/b7-5-,8-6-,13-11-,14-12-,19-17-,20-18-,25-23-,26-24-,31-29-,32-30-. The zero-order valence-electron chi connectivity index (χ0n) is 54.0. The van der Waals surface area contributed by atoms with Crippen molar-refractivity contribution in [2.24, 2.45) is 0 Å². The first-order valence-electron chi connectivity index (χ1n) is 35.1. The van der Waals surface area contributed by atoms with Crippen LogP contribution in [0, 0.1) is 0 Å². The van der Waals surface area contributed by atoms with Crippen molar-refractivity contribution in [2.75, 3.05) is 13.2 Å². The van der Waals surface area contributed by atoms with Gasteiger partial charge in [-0.3, -0.25) is 9.59 Å². The molecule has 0 spiro atoms. The molecule has 0 fully saturated rings. The van der Waals surface area contributed by atoms with Gasteiger partial charge in [0.05, 0.1) is 6.61 Å². The molecule has 0 saturated carbocycles. The smallest absolute Gasteiger partial charge is 0.306 e. The molecule has 0 aromatic heterocycles. The summed E-state index contributed by atoms with van der Waals surface area (Å²) in [5.74, 6) is -0.580. The van der Waals surface area contributed by atoms with Crippen LogP contribution in [0.1, 0.15) is 335 Å². The first kappa shape index (κ1) is 78.3. The van der Waals surface area contributed by atoms with Gasteiger partial charge < -0.3 is 14.6 Å². The molecule has 5 nitrogen and oxygen atoms in total. The number of aliphatic hydroxyl groups excluding tert-OH is 1. The molecule has 0 bridgehead atoms. The van der Waals surface area contributed by atoms with Gasteiger partial charge in [0.15, 0.2) is 6.10 Å². The summed E-state index contributed by atoms with van der Waals surface area (Å²) >= 11 is 0. The molecule has 82 heavy (non-hydrogen) atoms. The molecule has 0 aromatic carbocycles. The summed E-state index contributed by atoms with van der Waals surface area (Å²) in [6.45, 7) is 3.94. The molecule has 1 unspecified atom stereocenters. The van der Waals surface area contributed by atoms with Gasteiger partial charge in [0, 0.05) is 12.8 Å². The van der Waals surface area contributed by atoms with Crippen LogP contribution in [0.15, 0.2) is 122 Å². The normalized spacial score (nSPS) is 13.0. The zero-order valence-corrected chi connectivity index (χ0v) is 54.0. The van der Waals surface area contributed by atoms with Crippen molar-refractivity contribution < 1.29 is 24.2 Å². The van der Waals surface area contributed by atoms with Crippen molar-refractivity contribution >= 4 is 11.9 Å². The molecule has 0 radical (unpaired) electrons. The monoisotopic (exact) mass is 1140 g/mol. The molecule has 470 valence electrons. The van der Waals surface area contributed by atoms with Gasteiger partial charge in [-0.25, -0.2) is 0 Å². The van der Waals surface area contributed by atoms with Crippen LogP contribution in [0.25, 0.3) is 0 Å². The van der Waals surface area contributed by atoms with Gasteiger partial charge in [-0.15, -0.1) is 0 Å². The Kier molecular flexibility index (Phi) is 68.3. The number of carbonyl (C=O) groups excluding carboxylic acids is 2. The number of esters is 2. The fraction of sp³-hybridized carbons (Fsp3) is 0.714. The molecule has 0 aliphatic rings. The van der Waals surface area contributed by atoms with Gasteiger partial charge in [0.2, 0.25) is 0 Å². The third kappa shape index (κ3) is 68.8. The van der Waals surface area contributed by atoms with E-state index in [4.69, 9.17) is 9.47 Å². The Hall–Kier alpha value is -3.70. The third-order valence-electron chi connectivity index (χ3n) is 15.3. The lowest BCUT2D eigenvalue weighted by atomic mass is 10.0. The second-order valence-electron chi connectivity index (χ2n) is 23.2. The fourth-order valence-electron chi connectivity index (χ4n) is 10.1. The molecule has 0 saturated heterocycles. The van der Waals surface area contributed by atoms with Crippen molar-refractivity contribution in [3.8, 4) is 0 Å². The van der Waals surface area contributed by atoms with Gasteiger partial charge in [0.1, 0.15) is 6.61 Å². The summed E-state index contributed by atoms with van der Waals surface area (Å²) in [6.07, 6.45) is 105. The molecule has 1 atom stereocenters. The Morgan fingerprint density at radius 1 is 0.280 bits per heavy atom. The lowest BCUT2D eigenvalue weighted by molar-refractivity contribution is -0.161. The number of aliphatic hydroxyl groups is 1. The number of rotatable bonds is 64. The first-order chi connectivity index (χ1) is 40.6. The molecule has 0 aliphatic heterocycles. The van der Waals surface area contributed by atoms with Crippen molar-refractivity contribution in [1.29, 1.82) is 0 Å². The predicted octanol–water partition coefficient (Wildman–Crippen LogP) is 24.5. The second-order valence-corrected chi connectivity index (χ2v) is 23.2. The highest BCUT2D eigenvalue weighted by Gasteiger charge is 2.16. The van der Waals surface area contributed by atoms with Crippen molar-refractivity contribution in [3.05, 3.63) is 122 Å². The molecular weight excluding hydrogens is 1000 g/mol. The Morgan fingerprint density at radius 3 is 0.732 bits per heavy atom. The molecule has 0 aromatic rings. The van der Waals surface area contributed by atoms with Gasteiger partial charge in [0.25, 0.3) is 0 Å². The molecular formula is C77H132O5. The van der Waals surface area contributed by atoms with Crippen molar-refractivity contribution in [3.63, 3.8) is 0 Å².